The van der Waals surface area contributed by atoms with Gasteiger partial charge in [0.25, 0.3) is 0 Å². The van der Waals surface area contributed by atoms with Crippen LogP contribution in [0.4, 0.5) is 0 Å². The minimum atomic E-state index is 0.0848. The minimum absolute atomic E-state index is 0.0848. The Morgan fingerprint density at radius 3 is 2.56 bits per heavy atom. The molecule has 0 atom stereocenters. The molecular formula is C16H12O2. The van der Waals surface area contributed by atoms with Gasteiger partial charge in [0, 0.05) is 0 Å². The van der Waals surface area contributed by atoms with Gasteiger partial charge in [-0.1, -0.05) is 12.1 Å². The third-order valence-electron chi connectivity index (χ3n) is 3.79. The van der Waals surface area contributed by atoms with Crippen molar-refractivity contribution in [2.75, 3.05) is 0 Å². The molecule has 4 rings (SSSR count). The molecule has 1 heterocycles. The average Bonchev–Trinajstić information content (AvgIpc) is 2.84. The predicted molar refractivity (Wildman–Crippen MR) is 72.0 cm³/mol. The summed E-state index contributed by atoms with van der Waals surface area (Å²) in [6.45, 7) is 0. The lowest BCUT2D eigenvalue weighted by Gasteiger charge is -2.04. The predicted octanol–water partition coefficient (Wildman–Crippen LogP) is 3.43. The molecule has 0 unspecified atom stereocenters. The van der Waals surface area contributed by atoms with Crippen LogP contribution in [0.1, 0.15) is 17.5 Å². The van der Waals surface area contributed by atoms with Crippen molar-refractivity contribution in [1.29, 1.82) is 0 Å². The van der Waals surface area contributed by atoms with Crippen molar-refractivity contribution < 1.29 is 4.42 Å². The van der Waals surface area contributed by atoms with Gasteiger partial charge in [-0.2, -0.15) is 0 Å². The molecule has 0 fully saturated rings. The molecule has 0 amide bonds. The first-order chi connectivity index (χ1) is 8.83. The van der Waals surface area contributed by atoms with Crippen LogP contribution in [0.15, 0.2) is 45.6 Å². The molecule has 0 bridgehead atoms. The van der Waals surface area contributed by atoms with Crippen LogP contribution in [0.2, 0.25) is 0 Å². The number of fused-ring (bicyclic) bond motifs is 3. The first-order valence-electron chi connectivity index (χ1n) is 6.30. The van der Waals surface area contributed by atoms with Crippen LogP contribution in [0.25, 0.3) is 21.9 Å². The second kappa shape index (κ2) is 3.45. The summed E-state index contributed by atoms with van der Waals surface area (Å²) < 4.78 is 5.85. The van der Waals surface area contributed by atoms with Gasteiger partial charge in [0.1, 0.15) is 11.2 Å². The summed E-state index contributed by atoms with van der Waals surface area (Å²) in [4.78, 5) is 12.4. The van der Waals surface area contributed by atoms with Crippen molar-refractivity contribution in [1.82, 2.24) is 0 Å². The summed E-state index contributed by atoms with van der Waals surface area (Å²) >= 11 is 0. The number of aryl methyl sites for hydroxylation is 2. The van der Waals surface area contributed by atoms with Gasteiger partial charge in [-0.25, -0.2) is 0 Å². The quantitative estimate of drug-likeness (QED) is 0.560. The molecule has 1 aromatic heterocycles. The van der Waals surface area contributed by atoms with Crippen molar-refractivity contribution in [3.05, 3.63) is 57.7 Å². The molecule has 0 aliphatic heterocycles. The smallest absolute Gasteiger partial charge is 0.200 e. The molecule has 88 valence electrons. The average molecular weight is 236 g/mol. The Labute approximate surface area is 104 Å². The van der Waals surface area contributed by atoms with E-state index in [2.05, 4.69) is 0 Å². The van der Waals surface area contributed by atoms with Crippen molar-refractivity contribution in [2.45, 2.75) is 19.3 Å². The summed E-state index contributed by atoms with van der Waals surface area (Å²) in [5.41, 5.74) is 4.12. The van der Waals surface area contributed by atoms with E-state index < -0.39 is 0 Å². The fraction of sp³-hybridized carbons (Fsp3) is 0.188. The van der Waals surface area contributed by atoms with E-state index in [1.807, 2.05) is 36.4 Å². The number of hydrogen-bond acceptors (Lipinski definition) is 2. The SMILES string of the molecule is O=c1c2ccccc2oc2cc3c(cc12)CCC3. The van der Waals surface area contributed by atoms with Crippen LogP contribution in [0, 0.1) is 0 Å². The topological polar surface area (TPSA) is 30.2 Å². The van der Waals surface area contributed by atoms with Crippen LogP contribution in [0.3, 0.4) is 0 Å². The molecule has 1 aliphatic carbocycles. The lowest BCUT2D eigenvalue weighted by Crippen LogP contribution is -2.02. The van der Waals surface area contributed by atoms with E-state index in [1.54, 1.807) is 0 Å². The summed E-state index contributed by atoms with van der Waals surface area (Å²) in [6, 6.07) is 11.5. The first kappa shape index (κ1) is 9.89. The van der Waals surface area contributed by atoms with E-state index in [0.717, 1.165) is 18.4 Å². The largest absolute Gasteiger partial charge is 0.456 e. The van der Waals surface area contributed by atoms with Crippen LogP contribution in [0.5, 0.6) is 0 Å². The second-order valence-corrected chi connectivity index (χ2v) is 4.90. The lowest BCUT2D eigenvalue weighted by atomic mass is 10.1. The van der Waals surface area contributed by atoms with Gasteiger partial charge in [0.15, 0.2) is 0 Å². The van der Waals surface area contributed by atoms with Gasteiger partial charge >= 0.3 is 0 Å². The summed E-state index contributed by atoms with van der Waals surface area (Å²) in [7, 11) is 0. The van der Waals surface area contributed by atoms with Crippen molar-refractivity contribution in [3.8, 4) is 0 Å². The normalized spacial score (nSPS) is 14.2. The Balaban J connectivity index is 2.22. The minimum Gasteiger partial charge on any atom is -0.456 e. The highest BCUT2D eigenvalue weighted by Crippen LogP contribution is 2.27. The highest BCUT2D eigenvalue weighted by molar-refractivity contribution is 5.90. The standard InChI is InChI=1S/C16H12O2/c17-16-12-6-1-2-7-14(12)18-15-9-11-5-3-4-10(11)8-13(15)16/h1-2,6-9H,3-5H2. The molecule has 1 aliphatic rings. The fourth-order valence-corrected chi connectivity index (χ4v) is 2.87. The number of para-hydroxylation sites is 1. The molecule has 0 saturated carbocycles. The third-order valence-corrected chi connectivity index (χ3v) is 3.79. The highest BCUT2D eigenvalue weighted by Gasteiger charge is 2.15. The number of benzene rings is 2. The summed E-state index contributed by atoms with van der Waals surface area (Å²) in [6.07, 6.45) is 3.36. The Hall–Kier alpha value is -2.09. The fourth-order valence-electron chi connectivity index (χ4n) is 2.87. The Bertz CT molecular complexity index is 827. The Kier molecular flexibility index (Phi) is 1.90. The molecule has 0 radical (unpaired) electrons. The molecule has 0 saturated heterocycles. The van der Waals surface area contributed by atoms with Crippen molar-refractivity contribution >= 4 is 21.9 Å². The zero-order valence-corrected chi connectivity index (χ0v) is 9.90. The molecule has 2 aromatic carbocycles. The maximum atomic E-state index is 12.4. The molecule has 2 nitrogen and oxygen atoms in total. The maximum absolute atomic E-state index is 12.4. The second-order valence-electron chi connectivity index (χ2n) is 4.90. The molecule has 2 heteroatoms. The van der Waals surface area contributed by atoms with Crippen LogP contribution in [-0.4, -0.2) is 0 Å². The molecular weight excluding hydrogens is 224 g/mol. The van der Waals surface area contributed by atoms with E-state index >= 15 is 0 Å². The van der Waals surface area contributed by atoms with E-state index in [1.165, 1.54) is 17.5 Å². The molecule has 3 aromatic rings. The Morgan fingerprint density at radius 1 is 0.889 bits per heavy atom. The van der Waals surface area contributed by atoms with Crippen molar-refractivity contribution in [2.24, 2.45) is 0 Å². The maximum Gasteiger partial charge on any atom is 0.200 e. The highest BCUT2D eigenvalue weighted by atomic mass is 16.3. The van der Waals surface area contributed by atoms with Gasteiger partial charge in [-0.3, -0.25) is 4.79 Å². The van der Waals surface area contributed by atoms with E-state index in [4.69, 9.17) is 4.42 Å². The van der Waals surface area contributed by atoms with Crippen LogP contribution in [-0.2, 0) is 12.8 Å². The van der Waals surface area contributed by atoms with Crippen LogP contribution < -0.4 is 5.43 Å². The van der Waals surface area contributed by atoms with Gasteiger partial charge < -0.3 is 4.42 Å². The van der Waals surface area contributed by atoms with E-state index in [-0.39, 0.29) is 5.43 Å². The summed E-state index contributed by atoms with van der Waals surface area (Å²) in [5.74, 6) is 0. The van der Waals surface area contributed by atoms with Gasteiger partial charge in [0.2, 0.25) is 5.43 Å². The number of hydrogen-bond donors (Lipinski definition) is 0. The zero-order chi connectivity index (χ0) is 12.1. The molecule has 0 spiro atoms. The van der Waals surface area contributed by atoms with E-state index in [9.17, 15) is 4.79 Å². The van der Waals surface area contributed by atoms with Crippen LogP contribution >= 0.6 is 0 Å². The van der Waals surface area contributed by atoms with Gasteiger partial charge in [-0.05, 0) is 54.7 Å². The monoisotopic (exact) mass is 236 g/mol. The summed E-state index contributed by atoms with van der Waals surface area (Å²) in [5, 5.41) is 1.39. The van der Waals surface area contributed by atoms with Gasteiger partial charge in [0.05, 0.1) is 10.8 Å². The van der Waals surface area contributed by atoms with Gasteiger partial charge in [-0.15, -0.1) is 0 Å². The van der Waals surface area contributed by atoms with E-state index in [0.29, 0.717) is 16.4 Å². The first-order valence-corrected chi connectivity index (χ1v) is 6.30. The number of rotatable bonds is 0. The van der Waals surface area contributed by atoms with Crippen molar-refractivity contribution in [3.63, 3.8) is 0 Å². The lowest BCUT2D eigenvalue weighted by molar-refractivity contribution is 0.659. The third kappa shape index (κ3) is 1.26. The zero-order valence-electron chi connectivity index (χ0n) is 9.90. The molecule has 0 N–H and O–H groups in total. The Morgan fingerprint density at radius 2 is 1.67 bits per heavy atom. The molecule has 18 heavy (non-hydrogen) atoms.